The van der Waals surface area contributed by atoms with Gasteiger partial charge in [0.1, 0.15) is 0 Å². The standard InChI is InChI=1S/C5H9NO2/c7-6-4-5-2-1-3-8-5/h4-5,7H,1-3H2/t5-/m1/s1. The van der Waals surface area contributed by atoms with Gasteiger partial charge in [0.2, 0.25) is 0 Å². The second kappa shape index (κ2) is 2.67. The van der Waals surface area contributed by atoms with Crippen molar-refractivity contribution in [3.8, 4) is 0 Å². The van der Waals surface area contributed by atoms with Crippen LogP contribution in [0.2, 0.25) is 0 Å². The molecule has 0 aromatic carbocycles. The first kappa shape index (κ1) is 5.56. The Balaban J connectivity index is 2.24. The second-order valence-electron chi connectivity index (χ2n) is 1.82. The van der Waals surface area contributed by atoms with E-state index in [0.29, 0.717) is 0 Å². The Morgan fingerprint density at radius 3 is 3.12 bits per heavy atom. The third-order valence-electron chi connectivity index (χ3n) is 1.20. The van der Waals surface area contributed by atoms with Gasteiger partial charge in [0.15, 0.2) is 0 Å². The van der Waals surface area contributed by atoms with Gasteiger partial charge in [0, 0.05) is 6.61 Å². The predicted molar refractivity (Wildman–Crippen MR) is 29.3 cm³/mol. The molecule has 0 spiro atoms. The number of hydrogen-bond acceptors (Lipinski definition) is 3. The van der Waals surface area contributed by atoms with Crippen molar-refractivity contribution in [2.24, 2.45) is 5.16 Å². The zero-order valence-electron chi connectivity index (χ0n) is 4.58. The zero-order valence-corrected chi connectivity index (χ0v) is 4.58. The molecule has 0 amide bonds. The fraction of sp³-hybridized carbons (Fsp3) is 0.800. The lowest BCUT2D eigenvalue weighted by Crippen LogP contribution is -2.05. The zero-order chi connectivity index (χ0) is 5.82. The summed E-state index contributed by atoms with van der Waals surface area (Å²) in [6, 6.07) is 0. The molecule has 0 aromatic heterocycles. The molecule has 0 aromatic rings. The Labute approximate surface area is 48.0 Å². The average Bonchev–Trinajstić information content (AvgIpc) is 2.19. The van der Waals surface area contributed by atoms with E-state index >= 15 is 0 Å². The maximum atomic E-state index is 8.02. The first-order chi connectivity index (χ1) is 3.93. The van der Waals surface area contributed by atoms with Crippen molar-refractivity contribution in [3.63, 3.8) is 0 Å². The number of rotatable bonds is 1. The molecular weight excluding hydrogens is 106 g/mol. The smallest absolute Gasteiger partial charge is 0.0960 e. The Morgan fingerprint density at radius 1 is 1.75 bits per heavy atom. The van der Waals surface area contributed by atoms with E-state index in [1.165, 1.54) is 6.21 Å². The molecule has 1 saturated heterocycles. The summed E-state index contributed by atoms with van der Waals surface area (Å²) in [5.74, 6) is 0. The van der Waals surface area contributed by atoms with E-state index in [1.807, 2.05) is 0 Å². The summed E-state index contributed by atoms with van der Waals surface area (Å²) in [6.45, 7) is 0.802. The summed E-state index contributed by atoms with van der Waals surface area (Å²) in [5.41, 5.74) is 0. The summed E-state index contributed by atoms with van der Waals surface area (Å²) in [4.78, 5) is 0. The topological polar surface area (TPSA) is 41.8 Å². The highest BCUT2D eigenvalue weighted by atomic mass is 16.5. The number of ether oxygens (including phenoxy) is 1. The highest BCUT2D eigenvalue weighted by Crippen LogP contribution is 2.08. The third kappa shape index (κ3) is 1.20. The molecule has 0 radical (unpaired) electrons. The lowest BCUT2D eigenvalue weighted by atomic mass is 10.3. The molecule has 8 heavy (non-hydrogen) atoms. The first-order valence-corrected chi connectivity index (χ1v) is 2.72. The van der Waals surface area contributed by atoms with Crippen molar-refractivity contribution in [2.45, 2.75) is 18.9 Å². The van der Waals surface area contributed by atoms with Crippen LogP contribution in [-0.4, -0.2) is 24.1 Å². The van der Waals surface area contributed by atoms with Crippen LogP contribution in [0.25, 0.3) is 0 Å². The fourth-order valence-corrected chi connectivity index (χ4v) is 0.794. The molecule has 46 valence electrons. The van der Waals surface area contributed by atoms with Gasteiger partial charge in [0.25, 0.3) is 0 Å². The van der Waals surface area contributed by atoms with E-state index < -0.39 is 0 Å². The molecule has 1 rings (SSSR count). The van der Waals surface area contributed by atoms with E-state index in [9.17, 15) is 0 Å². The monoisotopic (exact) mass is 115 g/mol. The molecule has 1 aliphatic heterocycles. The molecule has 0 saturated carbocycles. The van der Waals surface area contributed by atoms with Crippen molar-refractivity contribution in [2.75, 3.05) is 6.61 Å². The highest BCUT2D eigenvalue weighted by molar-refractivity contribution is 5.62. The van der Waals surface area contributed by atoms with Gasteiger partial charge in [-0.1, -0.05) is 5.16 Å². The Morgan fingerprint density at radius 2 is 2.62 bits per heavy atom. The van der Waals surface area contributed by atoms with Crippen LogP contribution in [0.4, 0.5) is 0 Å². The molecule has 1 heterocycles. The first-order valence-electron chi connectivity index (χ1n) is 2.72. The van der Waals surface area contributed by atoms with Gasteiger partial charge in [-0.2, -0.15) is 0 Å². The molecule has 1 aliphatic rings. The minimum absolute atomic E-state index is 0.0694. The lowest BCUT2D eigenvalue weighted by molar-refractivity contribution is 0.158. The average molecular weight is 115 g/mol. The van der Waals surface area contributed by atoms with Gasteiger partial charge in [-0.15, -0.1) is 0 Å². The molecule has 1 atom stereocenters. The number of hydrogen-bond donors (Lipinski definition) is 1. The summed E-state index contributed by atoms with van der Waals surface area (Å²) in [7, 11) is 0. The molecule has 0 bridgehead atoms. The van der Waals surface area contributed by atoms with Crippen LogP contribution in [0.15, 0.2) is 5.16 Å². The molecular formula is C5H9NO2. The summed E-state index contributed by atoms with van der Waals surface area (Å²) < 4.78 is 5.08. The fourth-order valence-electron chi connectivity index (χ4n) is 0.794. The SMILES string of the molecule is ON=C[C@H]1CCCO1. The van der Waals surface area contributed by atoms with Crippen LogP contribution >= 0.6 is 0 Å². The van der Waals surface area contributed by atoms with Gasteiger partial charge >= 0.3 is 0 Å². The van der Waals surface area contributed by atoms with Crippen molar-refractivity contribution in [1.82, 2.24) is 0 Å². The van der Waals surface area contributed by atoms with Crippen molar-refractivity contribution < 1.29 is 9.94 Å². The molecule has 3 heteroatoms. The Kier molecular flexibility index (Phi) is 1.86. The molecule has 0 aliphatic carbocycles. The summed E-state index contributed by atoms with van der Waals surface area (Å²) in [6.07, 6.45) is 3.56. The molecule has 3 nitrogen and oxygen atoms in total. The van der Waals surface area contributed by atoms with Crippen LogP contribution in [-0.2, 0) is 4.74 Å². The Hall–Kier alpha value is -0.570. The number of nitrogens with zero attached hydrogens (tertiary/aromatic N) is 1. The van der Waals surface area contributed by atoms with Crippen molar-refractivity contribution >= 4 is 6.21 Å². The highest BCUT2D eigenvalue weighted by Gasteiger charge is 2.11. The van der Waals surface area contributed by atoms with Gasteiger partial charge in [0.05, 0.1) is 12.3 Å². The minimum Gasteiger partial charge on any atom is -0.411 e. The minimum atomic E-state index is 0.0694. The number of oxime groups is 1. The largest absolute Gasteiger partial charge is 0.411 e. The maximum absolute atomic E-state index is 8.02. The maximum Gasteiger partial charge on any atom is 0.0960 e. The van der Waals surface area contributed by atoms with Crippen molar-refractivity contribution in [1.29, 1.82) is 0 Å². The second-order valence-corrected chi connectivity index (χ2v) is 1.82. The molecule has 1 fully saturated rings. The van der Waals surface area contributed by atoms with Crippen molar-refractivity contribution in [3.05, 3.63) is 0 Å². The molecule has 1 N–H and O–H groups in total. The van der Waals surface area contributed by atoms with E-state index in [1.54, 1.807) is 0 Å². The lowest BCUT2D eigenvalue weighted by Gasteiger charge is -1.96. The summed E-state index contributed by atoms with van der Waals surface area (Å²) >= 11 is 0. The van der Waals surface area contributed by atoms with E-state index in [-0.39, 0.29) is 6.10 Å². The predicted octanol–water partition coefficient (Wildman–Crippen LogP) is 0.625. The van der Waals surface area contributed by atoms with Crippen LogP contribution in [0, 0.1) is 0 Å². The third-order valence-corrected chi connectivity index (χ3v) is 1.20. The van der Waals surface area contributed by atoms with Crippen LogP contribution in [0.5, 0.6) is 0 Å². The van der Waals surface area contributed by atoms with Crippen LogP contribution in [0.1, 0.15) is 12.8 Å². The van der Waals surface area contributed by atoms with Gasteiger partial charge in [-0.05, 0) is 12.8 Å². The Bertz CT molecular complexity index is 86.4. The van der Waals surface area contributed by atoms with Crippen LogP contribution in [0.3, 0.4) is 0 Å². The van der Waals surface area contributed by atoms with Gasteiger partial charge in [-0.3, -0.25) is 0 Å². The summed E-state index contributed by atoms with van der Waals surface area (Å²) in [5, 5.41) is 10.9. The van der Waals surface area contributed by atoms with E-state index in [2.05, 4.69) is 5.16 Å². The van der Waals surface area contributed by atoms with E-state index in [0.717, 1.165) is 19.4 Å². The molecule has 0 unspecified atom stereocenters. The van der Waals surface area contributed by atoms with Gasteiger partial charge < -0.3 is 9.94 Å². The van der Waals surface area contributed by atoms with Crippen LogP contribution < -0.4 is 0 Å². The quantitative estimate of drug-likeness (QED) is 0.309. The normalized spacial score (nSPS) is 29.8. The van der Waals surface area contributed by atoms with E-state index in [4.69, 9.17) is 9.94 Å². The van der Waals surface area contributed by atoms with Gasteiger partial charge in [-0.25, -0.2) is 0 Å².